The van der Waals surface area contributed by atoms with Crippen molar-refractivity contribution in [3.05, 3.63) is 11.6 Å². The molecule has 3 aliphatic rings. The zero-order chi connectivity index (χ0) is 12.4. The molecule has 1 N–H and O–H groups in total. The van der Waals surface area contributed by atoms with Gasteiger partial charge in [-0.2, -0.15) is 0 Å². The van der Waals surface area contributed by atoms with Crippen molar-refractivity contribution in [3.8, 4) is 0 Å². The topological polar surface area (TPSA) is 36.9 Å². The minimum Gasteiger partial charge on any atom is -0.371 e. The Balaban J connectivity index is 1.68. The van der Waals surface area contributed by atoms with Gasteiger partial charge in [-0.05, 0) is 51.9 Å². The molecule has 4 nitrogen and oxygen atoms in total. The van der Waals surface area contributed by atoms with Crippen LogP contribution in [0.1, 0.15) is 32.6 Å². The number of allylic oxidation sites excluding steroid dienone is 1. The van der Waals surface area contributed by atoms with E-state index in [2.05, 4.69) is 28.4 Å². The van der Waals surface area contributed by atoms with E-state index in [0.29, 0.717) is 5.92 Å². The summed E-state index contributed by atoms with van der Waals surface area (Å²) in [7, 11) is 0. The predicted octanol–water partition coefficient (Wildman–Crippen LogP) is 1.74. The number of oxime groups is 1. The second-order valence-electron chi connectivity index (χ2n) is 5.43. The average Bonchev–Trinajstić information content (AvgIpc) is 2.68. The summed E-state index contributed by atoms with van der Waals surface area (Å²) in [4.78, 5) is 8.07. The van der Waals surface area contributed by atoms with E-state index in [1.165, 1.54) is 50.2 Å². The Morgan fingerprint density at radius 1 is 1.44 bits per heavy atom. The normalized spacial score (nSPS) is 30.2. The minimum absolute atomic E-state index is 0.0340. The molecule has 0 saturated carbocycles. The molecule has 0 spiro atoms. The summed E-state index contributed by atoms with van der Waals surface area (Å²) in [5, 5.41) is 7.78. The second-order valence-corrected chi connectivity index (χ2v) is 5.43. The largest absolute Gasteiger partial charge is 0.371 e. The standard InChI is InChI=1S/C14H23N3O/c1-2-17-9-6-11(7-10-17)13-12-5-3-4-8-15-14(12)18-16-13/h5,11,14-15H,2-4,6-10H2,1H3. The molecule has 1 atom stereocenters. The van der Waals surface area contributed by atoms with Crippen LogP contribution >= 0.6 is 0 Å². The van der Waals surface area contributed by atoms with Crippen molar-refractivity contribution >= 4 is 5.71 Å². The Labute approximate surface area is 109 Å². The fourth-order valence-corrected chi connectivity index (χ4v) is 3.14. The van der Waals surface area contributed by atoms with Gasteiger partial charge in [0.25, 0.3) is 0 Å². The lowest BCUT2D eigenvalue weighted by atomic mass is 9.87. The molecule has 0 aromatic heterocycles. The van der Waals surface area contributed by atoms with Crippen LogP contribution < -0.4 is 5.32 Å². The molecule has 3 rings (SSSR count). The van der Waals surface area contributed by atoms with Crippen molar-refractivity contribution in [2.75, 3.05) is 26.2 Å². The molecule has 0 amide bonds. The summed E-state index contributed by atoms with van der Waals surface area (Å²) in [5.74, 6) is 0.601. The van der Waals surface area contributed by atoms with Crippen LogP contribution in [0.15, 0.2) is 16.8 Å². The van der Waals surface area contributed by atoms with Gasteiger partial charge in [-0.1, -0.05) is 18.2 Å². The summed E-state index contributed by atoms with van der Waals surface area (Å²) in [6, 6.07) is 0. The van der Waals surface area contributed by atoms with Crippen LogP contribution in [0.4, 0.5) is 0 Å². The summed E-state index contributed by atoms with van der Waals surface area (Å²) in [6.45, 7) is 6.84. The molecule has 18 heavy (non-hydrogen) atoms. The molecule has 3 heterocycles. The molecular weight excluding hydrogens is 226 g/mol. The number of hydrogen-bond donors (Lipinski definition) is 1. The van der Waals surface area contributed by atoms with Crippen molar-refractivity contribution < 1.29 is 4.84 Å². The second kappa shape index (κ2) is 5.41. The number of likely N-dealkylation sites (tertiary alicyclic amines) is 1. The van der Waals surface area contributed by atoms with Crippen LogP contribution in [0.25, 0.3) is 0 Å². The molecule has 0 aromatic carbocycles. The Morgan fingerprint density at radius 2 is 2.28 bits per heavy atom. The molecule has 0 aromatic rings. The van der Waals surface area contributed by atoms with Gasteiger partial charge in [0.1, 0.15) is 0 Å². The van der Waals surface area contributed by atoms with Crippen molar-refractivity contribution in [1.29, 1.82) is 0 Å². The first-order valence-corrected chi connectivity index (χ1v) is 7.28. The zero-order valence-corrected chi connectivity index (χ0v) is 11.2. The fourth-order valence-electron chi connectivity index (χ4n) is 3.14. The first-order chi connectivity index (χ1) is 8.88. The summed E-state index contributed by atoms with van der Waals surface area (Å²) in [6.07, 6.45) is 7.16. The van der Waals surface area contributed by atoms with Crippen LogP contribution in [-0.4, -0.2) is 43.0 Å². The third-order valence-electron chi connectivity index (χ3n) is 4.33. The summed E-state index contributed by atoms with van der Waals surface area (Å²) >= 11 is 0. The molecule has 0 radical (unpaired) electrons. The van der Waals surface area contributed by atoms with Gasteiger partial charge in [0.2, 0.25) is 6.23 Å². The highest BCUT2D eigenvalue weighted by atomic mass is 16.7. The van der Waals surface area contributed by atoms with Crippen molar-refractivity contribution in [3.63, 3.8) is 0 Å². The molecule has 4 heteroatoms. The molecule has 100 valence electrons. The Hall–Kier alpha value is -0.870. The van der Waals surface area contributed by atoms with Gasteiger partial charge in [0.15, 0.2) is 0 Å². The maximum Gasteiger partial charge on any atom is 0.206 e. The number of nitrogens with one attached hydrogen (secondary N) is 1. The first-order valence-electron chi connectivity index (χ1n) is 7.28. The Morgan fingerprint density at radius 3 is 3.06 bits per heavy atom. The van der Waals surface area contributed by atoms with E-state index < -0.39 is 0 Å². The summed E-state index contributed by atoms with van der Waals surface area (Å²) in [5.41, 5.74) is 2.55. The van der Waals surface area contributed by atoms with Crippen LogP contribution in [-0.2, 0) is 4.84 Å². The monoisotopic (exact) mass is 249 g/mol. The van der Waals surface area contributed by atoms with Gasteiger partial charge in [0.05, 0.1) is 5.71 Å². The lowest BCUT2D eigenvalue weighted by Crippen LogP contribution is -2.37. The van der Waals surface area contributed by atoms with Gasteiger partial charge >= 0.3 is 0 Å². The maximum absolute atomic E-state index is 5.55. The van der Waals surface area contributed by atoms with Crippen LogP contribution in [0.5, 0.6) is 0 Å². The smallest absolute Gasteiger partial charge is 0.206 e. The van der Waals surface area contributed by atoms with E-state index in [1.54, 1.807) is 0 Å². The van der Waals surface area contributed by atoms with E-state index in [4.69, 9.17) is 4.84 Å². The van der Waals surface area contributed by atoms with Crippen molar-refractivity contribution in [2.45, 2.75) is 38.8 Å². The molecule has 1 fully saturated rings. The third kappa shape index (κ3) is 2.31. The van der Waals surface area contributed by atoms with Crippen LogP contribution in [0.3, 0.4) is 0 Å². The maximum atomic E-state index is 5.55. The Bertz CT molecular complexity index is 356. The molecular formula is C14H23N3O. The molecule has 0 bridgehead atoms. The molecule has 1 saturated heterocycles. The first kappa shape index (κ1) is 12.2. The molecule has 1 unspecified atom stereocenters. The van der Waals surface area contributed by atoms with Crippen molar-refractivity contribution in [1.82, 2.24) is 10.2 Å². The van der Waals surface area contributed by atoms with E-state index >= 15 is 0 Å². The fraction of sp³-hybridized carbons (Fsp3) is 0.786. The van der Waals surface area contributed by atoms with Crippen LogP contribution in [0.2, 0.25) is 0 Å². The van der Waals surface area contributed by atoms with E-state index in [9.17, 15) is 0 Å². The SMILES string of the molecule is CCN1CCC(C2=NOC3NCCCC=C23)CC1. The van der Waals surface area contributed by atoms with Gasteiger partial charge in [-0.3, -0.25) is 5.32 Å². The quantitative estimate of drug-likeness (QED) is 0.810. The van der Waals surface area contributed by atoms with Crippen LogP contribution in [0, 0.1) is 5.92 Å². The van der Waals surface area contributed by atoms with Gasteiger partial charge in [0, 0.05) is 11.5 Å². The number of nitrogens with zero attached hydrogens (tertiary/aromatic N) is 2. The lowest BCUT2D eigenvalue weighted by molar-refractivity contribution is 0.0804. The number of rotatable bonds is 2. The van der Waals surface area contributed by atoms with E-state index in [1.807, 2.05) is 0 Å². The van der Waals surface area contributed by atoms with Crippen molar-refractivity contribution in [2.24, 2.45) is 11.1 Å². The van der Waals surface area contributed by atoms with E-state index in [-0.39, 0.29) is 6.23 Å². The summed E-state index contributed by atoms with van der Waals surface area (Å²) < 4.78 is 0. The van der Waals surface area contributed by atoms with Gasteiger partial charge < -0.3 is 9.74 Å². The molecule has 0 aliphatic carbocycles. The highest BCUT2D eigenvalue weighted by Gasteiger charge is 2.34. The predicted molar refractivity (Wildman–Crippen MR) is 72.5 cm³/mol. The average molecular weight is 249 g/mol. The Kier molecular flexibility index (Phi) is 3.66. The van der Waals surface area contributed by atoms with Gasteiger partial charge in [-0.15, -0.1) is 0 Å². The highest BCUT2D eigenvalue weighted by molar-refractivity contribution is 6.03. The van der Waals surface area contributed by atoms with E-state index in [0.717, 1.165) is 13.0 Å². The number of fused-ring (bicyclic) bond motifs is 1. The minimum atomic E-state index is 0.0340. The zero-order valence-electron chi connectivity index (χ0n) is 11.2. The number of piperidine rings is 1. The number of hydrogen-bond acceptors (Lipinski definition) is 4. The highest BCUT2D eigenvalue weighted by Crippen LogP contribution is 2.29. The third-order valence-corrected chi connectivity index (χ3v) is 4.33. The molecule has 3 aliphatic heterocycles. The lowest BCUT2D eigenvalue weighted by Gasteiger charge is -2.30. The van der Waals surface area contributed by atoms with Gasteiger partial charge in [-0.25, -0.2) is 0 Å².